The van der Waals surface area contributed by atoms with Gasteiger partial charge in [-0.3, -0.25) is 4.57 Å². The van der Waals surface area contributed by atoms with Gasteiger partial charge in [-0.05, 0) is 0 Å². The van der Waals surface area contributed by atoms with Crippen molar-refractivity contribution in [3.05, 3.63) is 12.1 Å². The van der Waals surface area contributed by atoms with Gasteiger partial charge in [0, 0.05) is 7.11 Å². The topological polar surface area (TPSA) is 76.0 Å². The van der Waals surface area contributed by atoms with Crippen molar-refractivity contribution >= 4 is 7.60 Å². The maximum Gasteiger partial charge on any atom is 0.352 e. The highest BCUT2D eigenvalue weighted by atomic mass is 31.2. The van der Waals surface area contributed by atoms with E-state index in [-0.39, 0.29) is 6.61 Å². The van der Waals surface area contributed by atoms with Crippen LogP contribution in [-0.2, 0) is 14.0 Å². The molecule has 0 saturated carbocycles. The Morgan fingerprint density at radius 3 is 2.55 bits per heavy atom. The monoisotopic (exact) mass is 182 g/mol. The lowest BCUT2D eigenvalue weighted by atomic mass is 10.8. The van der Waals surface area contributed by atoms with Crippen molar-refractivity contribution in [3.8, 4) is 0 Å². The summed E-state index contributed by atoms with van der Waals surface area (Å²) in [5, 5.41) is 0. The maximum atomic E-state index is 10.2. The summed E-state index contributed by atoms with van der Waals surface area (Å²) < 4.78 is 19.4. The molecular formula is C5H11O5P. The number of hydrogen-bond acceptors (Lipinski definition) is 3. The molecule has 0 unspecified atom stereocenters. The largest absolute Gasteiger partial charge is 0.498 e. The second kappa shape index (κ2) is 5.32. The van der Waals surface area contributed by atoms with Crippen molar-refractivity contribution in [1.29, 1.82) is 0 Å². The summed E-state index contributed by atoms with van der Waals surface area (Å²) in [4.78, 5) is 16.6. The van der Waals surface area contributed by atoms with Crippen LogP contribution in [0.2, 0.25) is 0 Å². The van der Waals surface area contributed by atoms with E-state index in [1.165, 1.54) is 7.11 Å². The Hall–Kier alpha value is -0.350. The highest BCUT2D eigenvalue weighted by molar-refractivity contribution is 7.55. The van der Waals surface area contributed by atoms with E-state index < -0.39 is 7.60 Å². The zero-order chi connectivity index (χ0) is 8.74. The summed E-state index contributed by atoms with van der Waals surface area (Å²) in [5.41, 5.74) is 0. The van der Waals surface area contributed by atoms with E-state index in [4.69, 9.17) is 9.79 Å². The molecule has 2 N–H and O–H groups in total. The summed E-state index contributed by atoms with van der Waals surface area (Å²) in [6.07, 6.45) is 0.972. The molecule has 0 radical (unpaired) electrons. The van der Waals surface area contributed by atoms with Crippen LogP contribution in [-0.4, -0.2) is 30.1 Å². The predicted molar refractivity (Wildman–Crippen MR) is 39.0 cm³/mol. The molecule has 0 rings (SSSR count). The molecule has 0 spiro atoms. The Kier molecular flexibility index (Phi) is 5.15. The van der Waals surface area contributed by atoms with Crippen LogP contribution in [0.5, 0.6) is 0 Å². The van der Waals surface area contributed by atoms with Crippen molar-refractivity contribution in [2.75, 3.05) is 20.3 Å². The fraction of sp³-hybridized carbons (Fsp3) is 0.600. The number of methoxy groups -OCH3 is 1. The van der Waals surface area contributed by atoms with Gasteiger partial charge in [0.05, 0.1) is 18.7 Å². The van der Waals surface area contributed by atoms with Crippen LogP contribution in [0.4, 0.5) is 0 Å². The summed E-state index contributed by atoms with van der Waals surface area (Å²) in [6.45, 7) is 0.679. The molecule has 0 aromatic carbocycles. The van der Waals surface area contributed by atoms with Crippen LogP contribution in [0.1, 0.15) is 0 Å². The molecule has 66 valence electrons. The normalized spacial score (nSPS) is 12.3. The molecule has 0 fully saturated rings. The minimum absolute atomic E-state index is 0.285. The molecule has 6 heteroatoms. The van der Waals surface area contributed by atoms with Crippen molar-refractivity contribution in [2.45, 2.75) is 0 Å². The summed E-state index contributed by atoms with van der Waals surface area (Å²) >= 11 is 0. The SMILES string of the molecule is COCCOC=CP(=O)(O)O. The van der Waals surface area contributed by atoms with Gasteiger partial charge in [-0.25, -0.2) is 0 Å². The molecule has 0 atom stereocenters. The van der Waals surface area contributed by atoms with Crippen LogP contribution in [0.15, 0.2) is 12.1 Å². The second-order valence-electron chi connectivity index (χ2n) is 1.74. The zero-order valence-corrected chi connectivity index (χ0v) is 7.03. The van der Waals surface area contributed by atoms with Gasteiger partial charge >= 0.3 is 7.60 Å². The van der Waals surface area contributed by atoms with E-state index in [1.807, 2.05) is 0 Å². The minimum Gasteiger partial charge on any atom is -0.498 e. The van der Waals surface area contributed by atoms with Gasteiger partial charge < -0.3 is 19.3 Å². The van der Waals surface area contributed by atoms with Gasteiger partial charge in [-0.1, -0.05) is 0 Å². The molecule has 0 aromatic rings. The molecular weight excluding hydrogens is 171 g/mol. The standard InChI is InChI=1S/C5H11O5P/c1-9-2-3-10-4-5-11(6,7)8/h4-5H,2-3H2,1H3,(H2,6,7,8). The third-order valence-corrected chi connectivity index (χ3v) is 1.27. The summed E-state index contributed by atoms with van der Waals surface area (Å²) in [7, 11) is -2.55. The second-order valence-corrected chi connectivity index (χ2v) is 3.21. The van der Waals surface area contributed by atoms with Crippen molar-refractivity contribution in [3.63, 3.8) is 0 Å². The van der Waals surface area contributed by atoms with E-state index >= 15 is 0 Å². The van der Waals surface area contributed by atoms with Crippen molar-refractivity contribution < 1.29 is 23.8 Å². The van der Waals surface area contributed by atoms with Crippen molar-refractivity contribution in [2.24, 2.45) is 0 Å². The first-order valence-corrected chi connectivity index (χ1v) is 4.58. The molecule has 11 heavy (non-hydrogen) atoms. The van der Waals surface area contributed by atoms with Gasteiger partial charge in [0.15, 0.2) is 0 Å². The molecule has 0 amide bonds. The van der Waals surface area contributed by atoms with Crippen LogP contribution >= 0.6 is 7.60 Å². The Balaban J connectivity index is 3.38. The lowest BCUT2D eigenvalue weighted by molar-refractivity contribution is 0.123. The number of ether oxygens (including phenoxy) is 2. The Morgan fingerprint density at radius 1 is 1.45 bits per heavy atom. The molecule has 0 aromatic heterocycles. The zero-order valence-electron chi connectivity index (χ0n) is 6.14. The molecule has 0 bridgehead atoms. The average Bonchev–Trinajstić information content (AvgIpc) is 1.85. The summed E-state index contributed by atoms with van der Waals surface area (Å²) in [6, 6.07) is 0. The Morgan fingerprint density at radius 2 is 2.09 bits per heavy atom. The average molecular weight is 182 g/mol. The molecule has 0 saturated heterocycles. The lowest BCUT2D eigenvalue weighted by Crippen LogP contribution is -1.96. The van der Waals surface area contributed by atoms with Gasteiger partial charge in [0.1, 0.15) is 6.61 Å². The quantitative estimate of drug-likeness (QED) is 0.363. The third kappa shape index (κ3) is 9.65. The van der Waals surface area contributed by atoms with Gasteiger partial charge in [0.2, 0.25) is 0 Å². The van der Waals surface area contributed by atoms with Gasteiger partial charge in [-0.2, -0.15) is 0 Å². The van der Waals surface area contributed by atoms with Crippen LogP contribution in [0.25, 0.3) is 0 Å². The summed E-state index contributed by atoms with van der Waals surface area (Å²) in [5.74, 6) is 0.697. The van der Waals surface area contributed by atoms with Crippen LogP contribution in [0.3, 0.4) is 0 Å². The molecule has 0 aliphatic carbocycles. The molecule has 0 aliphatic heterocycles. The Bertz CT molecular complexity index is 160. The highest BCUT2D eigenvalue weighted by Crippen LogP contribution is 2.35. The van der Waals surface area contributed by atoms with Crippen LogP contribution in [0, 0.1) is 0 Å². The lowest BCUT2D eigenvalue weighted by Gasteiger charge is -1.98. The predicted octanol–water partition coefficient (Wildman–Crippen LogP) is 0.298. The van der Waals surface area contributed by atoms with Crippen molar-refractivity contribution in [1.82, 2.24) is 0 Å². The maximum absolute atomic E-state index is 10.2. The fourth-order valence-electron chi connectivity index (χ4n) is 0.322. The fourth-order valence-corrected chi connectivity index (χ4v) is 0.566. The van der Waals surface area contributed by atoms with Gasteiger partial charge in [0.25, 0.3) is 0 Å². The Labute approximate surface area is 64.8 Å². The van der Waals surface area contributed by atoms with Gasteiger partial charge in [-0.15, -0.1) is 0 Å². The van der Waals surface area contributed by atoms with E-state index in [2.05, 4.69) is 9.47 Å². The first-order chi connectivity index (χ1) is 5.06. The van der Waals surface area contributed by atoms with E-state index in [0.29, 0.717) is 12.4 Å². The molecule has 5 nitrogen and oxygen atoms in total. The van der Waals surface area contributed by atoms with Crippen LogP contribution < -0.4 is 0 Å². The minimum atomic E-state index is -4.06. The third-order valence-electron chi connectivity index (χ3n) is 0.757. The number of hydrogen-bond donors (Lipinski definition) is 2. The van der Waals surface area contributed by atoms with E-state index in [0.717, 1.165) is 6.26 Å². The van der Waals surface area contributed by atoms with E-state index in [9.17, 15) is 4.57 Å². The number of rotatable bonds is 5. The highest BCUT2D eigenvalue weighted by Gasteiger charge is 2.04. The molecule has 0 heterocycles. The molecule has 0 aliphatic rings. The smallest absolute Gasteiger partial charge is 0.352 e. The first kappa shape index (κ1) is 10.7. The van der Waals surface area contributed by atoms with E-state index in [1.54, 1.807) is 0 Å². The first-order valence-electron chi connectivity index (χ1n) is 2.90.